The van der Waals surface area contributed by atoms with E-state index >= 15 is 0 Å². The summed E-state index contributed by atoms with van der Waals surface area (Å²) >= 11 is 1.90. The molecule has 2 aliphatic heterocycles. The van der Waals surface area contributed by atoms with E-state index in [1.165, 1.54) is 97.4 Å². The molecule has 1 aromatic heterocycles. The van der Waals surface area contributed by atoms with Gasteiger partial charge < -0.3 is 4.81 Å². The summed E-state index contributed by atoms with van der Waals surface area (Å²) in [6.45, 7) is 4.59. The summed E-state index contributed by atoms with van der Waals surface area (Å²) in [6.07, 6.45) is 0. The Morgan fingerprint density at radius 1 is 0.535 bits per heavy atom. The number of para-hydroxylation sites is 1. The van der Waals surface area contributed by atoms with Gasteiger partial charge in [0.2, 0.25) is 0 Å². The average Bonchev–Trinajstić information content (AvgIpc) is 3.40. The highest BCUT2D eigenvalue weighted by Crippen LogP contribution is 2.49. The van der Waals surface area contributed by atoms with Crippen LogP contribution in [0.25, 0.3) is 64.0 Å². The molecule has 0 atom stereocenters. The Morgan fingerprint density at radius 3 is 2.16 bits per heavy atom. The Morgan fingerprint density at radius 2 is 1.28 bits per heavy atom. The summed E-state index contributed by atoms with van der Waals surface area (Å²) < 4.78 is 2.69. The van der Waals surface area contributed by atoms with Crippen LogP contribution in [0.5, 0.6) is 0 Å². The third kappa shape index (κ3) is 3.08. The highest BCUT2D eigenvalue weighted by Gasteiger charge is 2.43. The van der Waals surface area contributed by atoms with Gasteiger partial charge in [0.1, 0.15) is 0 Å². The molecule has 0 saturated carbocycles. The van der Waals surface area contributed by atoms with Crippen LogP contribution in [0.2, 0.25) is 0 Å². The van der Waals surface area contributed by atoms with Gasteiger partial charge in [0.25, 0.3) is 0 Å². The van der Waals surface area contributed by atoms with Crippen LogP contribution in [-0.2, 0) is 0 Å². The second-order valence-corrected chi connectivity index (χ2v) is 13.3. The molecular weight excluding hydrogens is 537 g/mol. The molecule has 0 saturated heterocycles. The van der Waals surface area contributed by atoms with Crippen molar-refractivity contribution in [3.05, 3.63) is 132 Å². The molecule has 1 nitrogen and oxygen atoms in total. The quantitative estimate of drug-likeness (QED) is 0.142. The lowest BCUT2D eigenvalue weighted by Crippen LogP contribution is -2.59. The number of nitrogens with zero attached hydrogens (tertiary/aromatic N) is 1. The molecule has 3 heteroatoms. The second-order valence-electron chi connectivity index (χ2n) is 12.2. The molecule has 0 fully saturated rings. The highest BCUT2D eigenvalue weighted by atomic mass is 32.1. The zero-order valence-electron chi connectivity index (χ0n) is 24.0. The van der Waals surface area contributed by atoms with Crippen molar-refractivity contribution in [2.45, 2.75) is 13.8 Å². The van der Waals surface area contributed by atoms with Gasteiger partial charge in [0.15, 0.2) is 0 Å². The second kappa shape index (κ2) is 8.37. The van der Waals surface area contributed by atoms with Crippen molar-refractivity contribution in [3.63, 3.8) is 0 Å². The maximum atomic E-state index is 2.66. The van der Waals surface area contributed by atoms with E-state index in [1.54, 1.807) is 0 Å². The number of thiophene rings is 1. The van der Waals surface area contributed by atoms with E-state index in [9.17, 15) is 0 Å². The molecule has 0 bridgehead atoms. The lowest BCUT2D eigenvalue weighted by molar-refractivity contribution is 1.32. The van der Waals surface area contributed by atoms with Gasteiger partial charge in [0, 0.05) is 37.1 Å². The Balaban J connectivity index is 1.41. The van der Waals surface area contributed by atoms with E-state index in [0.717, 1.165) is 0 Å². The van der Waals surface area contributed by atoms with Crippen molar-refractivity contribution in [2.24, 2.45) is 0 Å². The van der Waals surface area contributed by atoms with Crippen LogP contribution in [0.3, 0.4) is 0 Å². The van der Waals surface area contributed by atoms with Gasteiger partial charge in [-0.25, -0.2) is 0 Å². The van der Waals surface area contributed by atoms with Crippen molar-refractivity contribution in [2.75, 3.05) is 4.81 Å². The SMILES string of the molecule is Cc1cc2c3c(c1)-c1cc4ccccc4c4cccc(c14)B3N(c1ccccc1C)c1cc3sc4ccccc4c3cc1-2. The maximum Gasteiger partial charge on any atom is 0.330 e. The van der Waals surface area contributed by atoms with E-state index in [2.05, 4.69) is 140 Å². The van der Waals surface area contributed by atoms with Crippen LogP contribution in [0.1, 0.15) is 11.1 Å². The van der Waals surface area contributed by atoms with Crippen molar-refractivity contribution >= 4 is 82.2 Å². The fourth-order valence-corrected chi connectivity index (χ4v) is 9.13. The smallest absolute Gasteiger partial charge is 0.330 e. The molecule has 43 heavy (non-hydrogen) atoms. The number of aryl methyl sites for hydroxylation is 2. The van der Waals surface area contributed by atoms with E-state index < -0.39 is 0 Å². The van der Waals surface area contributed by atoms with E-state index in [0.29, 0.717) is 0 Å². The van der Waals surface area contributed by atoms with Gasteiger partial charge >= 0.3 is 6.85 Å². The summed E-state index contributed by atoms with van der Waals surface area (Å²) in [7, 11) is 0. The first-order valence-electron chi connectivity index (χ1n) is 15.1. The highest BCUT2D eigenvalue weighted by molar-refractivity contribution is 7.25. The van der Waals surface area contributed by atoms with E-state index in [1.807, 2.05) is 11.3 Å². The first kappa shape index (κ1) is 23.7. The topological polar surface area (TPSA) is 3.24 Å². The molecule has 10 rings (SSSR count). The normalized spacial score (nSPS) is 13.3. The molecule has 0 aliphatic carbocycles. The van der Waals surface area contributed by atoms with E-state index in [4.69, 9.17) is 0 Å². The van der Waals surface area contributed by atoms with Crippen molar-refractivity contribution in [1.82, 2.24) is 0 Å². The van der Waals surface area contributed by atoms with Gasteiger partial charge in [-0.15, -0.1) is 11.3 Å². The molecular formula is C40H26BNS. The Bertz CT molecular complexity index is 2500. The molecule has 8 aromatic rings. The molecule has 0 N–H and O–H groups in total. The molecule has 0 spiro atoms. The first-order chi connectivity index (χ1) is 21.2. The van der Waals surface area contributed by atoms with Crippen molar-refractivity contribution in [1.29, 1.82) is 0 Å². The van der Waals surface area contributed by atoms with Gasteiger partial charge in [0.05, 0.1) is 0 Å². The van der Waals surface area contributed by atoms with E-state index in [-0.39, 0.29) is 6.85 Å². The lowest BCUT2D eigenvalue weighted by Gasteiger charge is -2.43. The standard InChI is InChI=1S/C40H26BNS/c1-23-18-32-29-21-30-27-13-6-8-17-37(27)43-38(30)22-36(29)42(35-16-7-3-10-24(35)2)41-34-15-9-14-28-26-12-5-4-11-25(26)20-31(39(28)34)33(19-23)40(32)41/h3-22H,1-2H3. The molecule has 0 amide bonds. The molecule has 7 aromatic carbocycles. The predicted molar refractivity (Wildman–Crippen MR) is 188 cm³/mol. The summed E-state index contributed by atoms with van der Waals surface area (Å²) in [5, 5.41) is 8.05. The number of anilines is 2. The third-order valence-corrected chi connectivity index (χ3v) is 10.9. The molecule has 3 heterocycles. The van der Waals surface area contributed by atoms with Crippen molar-refractivity contribution < 1.29 is 0 Å². The Kier molecular flexibility index (Phi) is 4.61. The predicted octanol–water partition coefficient (Wildman–Crippen LogP) is 9.88. The largest absolute Gasteiger partial charge is 0.376 e. The summed E-state index contributed by atoms with van der Waals surface area (Å²) in [4.78, 5) is 2.66. The van der Waals surface area contributed by atoms with Crippen LogP contribution in [0.4, 0.5) is 11.4 Å². The number of rotatable bonds is 1. The first-order valence-corrected chi connectivity index (χ1v) is 15.9. The molecule has 0 unspecified atom stereocenters. The zero-order chi connectivity index (χ0) is 28.4. The van der Waals surface area contributed by atoms with Gasteiger partial charge in [-0.2, -0.15) is 0 Å². The van der Waals surface area contributed by atoms with Gasteiger partial charge in [-0.05, 0) is 104 Å². The minimum Gasteiger partial charge on any atom is -0.376 e. The fraction of sp³-hybridized carbons (Fsp3) is 0.0500. The lowest BCUT2D eigenvalue weighted by atomic mass is 9.41. The van der Waals surface area contributed by atoms with Crippen molar-refractivity contribution in [3.8, 4) is 22.3 Å². The summed E-state index contributed by atoms with van der Waals surface area (Å²) in [6, 6.07) is 45.9. The van der Waals surface area contributed by atoms with Crippen LogP contribution in [0.15, 0.2) is 121 Å². The summed E-state index contributed by atoms with van der Waals surface area (Å²) in [5.74, 6) is 0. The van der Waals surface area contributed by atoms with Crippen LogP contribution in [-0.4, -0.2) is 6.85 Å². The fourth-order valence-electron chi connectivity index (χ4n) is 8.01. The molecule has 200 valence electrons. The summed E-state index contributed by atoms with van der Waals surface area (Å²) in [5.41, 5.74) is 13.4. The van der Waals surface area contributed by atoms with Crippen LogP contribution >= 0.6 is 11.3 Å². The number of benzene rings is 7. The zero-order valence-corrected chi connectivity index (χ0v) is 24.8. The van der Waals surface area contributed by atoms with Crippen LogP contribution in [0, 0.1) is 13.8 Å². The minimum absolute atomic E-state index is 0.0726. The number of fused-ring (bicyclic) bond motifs is 9. The monoisotopic (exact) mass is 563 g/mol. The maximum absolute atomic E-state index is 2.66. The molecule has 2 aliphatic rings. The number of hydrogen-bond donors (Lipinski definition) is 0. The Hall–Kier alpha value is -4.86. The third-order valence-electron chi connectivity index (χ3n) is 9.78. The average molecular weight is 564 g/mol. The number of hydrogen-bond acceptors (Lipinski definition) is 2. The van der Waals surface area contributed by atoms with Crippen LogP contribution < -0.4 is 15.7 Å². The van der Waals surface area contributed by atoms with Gasteiger partial charge in [-0.1, -0.05) is 91.0 Å². The Labute approximate surface area is 254 Å². The molecule has 0 radical (unpaired) electrons. The van der Waals surface area contributed by atoms with Gasteiger partial charge in [-0.3, -0.25) is 0 Å². The minimum atomic E-state index is 0.0726.